The van der Waals surface area contributed by atoms with Crippen molar-refractivity contribution >= 4 is 39.4 Å². The van der Waals surface area contributed by atoms with Crippen LogP contribution in [0.1, 0.15) is 13.3 Å². The number of carbonyl (C=O) groups is 3. The Labute approximate surface area is 136 Å². The van der Waals surface area contributed by atoms with E-state index in [2.05, 4.69) is 15.9 Å². The second kappa shape index (κ2) is 6.91. The number of rotatable bonds is 5. The highest BCUT2D eigenvalue weighted by Crippen LogP contribution is 2.31. The Morgan fingerprint density at radius 3 is 2.68 bits per heavy atom. The van der Waals surface area contributed by atoms with Gasteiger partial charge in [-0.15, -0.1) is 0 Å². The molecule has 0 saturated carbocycles. The largest absolute Gasteiger partial charge is 0.480 e. The third-order valence-electron chi connectivity index (χ3n) is 3.64. The van der Waals surface area contributed by atoms with E-state index in [4.69, 9.17) is 5.11 Å². The molecule has 22 heavy (non-hydrogen) atoms. The summed E-state index contributed by atoms with van der Waals surface area (Å²) in [6.45, 7) is 1.97. The van der Waals surface area contributed by atoms with Gasteiger partial charge in [-0.05, 0) is 35.0 Å². The van der Waals surface area contributed by atoms with Crippen molar-refractivity contribution in [3.8, 4) is 0 Å². The number of nitrogens with zero attached hydrogens (tertiary/aromatic N) is 2. The molecule has 0 spiro atoms. The minimum atomic E-state index is -1.05. The van der Waals surface area contributed by atoms with Gasteiger partial charge >= 0.3 is 5.97 Å². The smallest absolute Gasteiger partial charge is 0.323 e. The van der Waals surface area contributed by atoms with Crippen molar-refractivity contribution in [2.75, 3.05) is 24.5 Å². The minimum Gasteiger partial charge on any atom is -0.480 e. The van der Waals surface area contributed by atoms with Crippen LogP contribution in [0.3, 0.4) is 0 Å². The molecule has 1 aliphatic rings. The predicted octanol–water partition coefficient (Wildman–Crippen LogP) is 1.74. The zero-order valence-electron chi connectivity index (χ0n) is 12.2. The molecular weight excluding hydrogens is 352 g/mol. The highest BCUT2D eigenvalue weighted by Gasteiger charge is 2.37. The zero-order chi connectivity index (χ0) is 16.3. The first kappa shape index (κ1) is 16.5. The first-order chi connectivity index (χ1) is 10.4. The van der Waals surface area contributed by atoms with Crippen LogP contribution in [0.4, 0.5) is 5.69 Å². The van der Waals surface area contributed by atoms with Crippen molar-refractivity contribution in [2.24, 2.45) is 5.92 Å². The average molecular weight is 369 g/mol. The normalized spacial score (nSPS) is 17.6. The van der Waals surface area contributed by atoms with E-state index in [0.29, 0.717) is 6.54 Å². The van der Waals surface area contributed by atoms with Gasteiger partial charge in [-0.25, -0.2) is 0 Å². The number of para-hydroxylation sites is 1. The van der Waals surface area contributed by atoms with Crippen LogP contribution in [0, 0.1) is 5.92 Å². The summed E-state index contributed by atoms with van der Waals surface area (Å²) >= 11 is 3.40. The van der Waals surface area contributed by atoms with Gasteiger partial charge in [0.05, 0.1) is 11.6 Å². The quantitative estimate of drug-likeness (QED) is 0.858. The van der Waals surface area contributed by atoms with Gasteiger partial charge in [0.2, 0.25) is 11.8 Å². The van der Waals surface area contributed by atoms with Gasteiger partial charge in [-0.2, -0.15) is 0 Å². The molecule has 2 rings (SSSR count). The Morgan fingerprint density at radius 1 is 1.41 bits per heavy atom. The molecule has 1 aromatic rings. The molecular formula is C15H17BrN2O4. The van der Waals surface area contributed by atoms with Crippen LogP contribution >= 0.6 is 15.9 Å². The molecule has 7 heteroatoms. The molecule has 0 radical (unpaired) electrons. The highest BCUT2D eigenvalue weighted by molar-refractivity contribution is 9.10. The van der Waals surface area contributed by atoms with Crippen molar-refractivity contribution in [1.29, 1.82) is 0 Å². The van der Waals surface area contributed by atoms with Gasteiger partial charge in [0.1, 0.15) is 6.54 Å². The van der Waals surface area contributed by atoms with Crippen LogP contribution in [-0.4, -0.2) is 47.4 Å². The molecule has 1 aromatic carbocycles. The lowest BCUT2D eigenvalue weighted by Crippen LogP contribution is -2.40. The molecule has 1 atom stereocenters. The van der Waals surface area contributed by atoms with Gasteiger partial charge in [0, 0.05) is 24.0 Å². The molecule has 0 aromatic heterocycles. The van der Waals surface area contributed by atoms with Crippen molar-refractivity contribution in [1.82, 2.24) is 4.90 Å². The topological polar surface area (TPSA) is 77.9 Å². The van der Waals surface area contributed by atoms with Crippen molar-refractivity contribution in [3.63, 3.8) is 0 Å². The fourth-order valence-electron chi connectivity index (χ4n) is 2.54. The van der Waals surface area contributed by atoms with Crippen LogP contribution in [0.25, 0.3) is 0 Å². The predicted molar refractivity (Wildman–Crippen MR) is 84.5 cm³/mol. The van der Waals surface area contributed by atoms with Crippen LogP contribution < -0.4 is 4.90 Å². The van der Waals surface area contributed by atoms with Crippen molar-refractivity contribution in [3.05, 3.63) is 28.7 Å². The molecule has 1 aliphatic heterocycles. The number of hydrogen-bond acceptors (Lipinski definition) is 3. The number of likely N-dealkylation sites (N-methyl/N-ethyl adjacent to an activating group) is 1. The lowest BCUT2D eigenvalue weighted by Gasteiger charge is -2.22. The maximum Gasteiger partial charge on any atom is 0.323 e. The lowest BCUT2D eigenvalue weighted by molar-refractivity contribution is -0.146. The Hall–Kier alpha value is -1.89. The van der Waals surface area contributed by atoms with E-state index >= 15 is 0 Å². The fraction of sp³-hybridized carbons (Fsp3) is 0.400. The van der Waals surface area contributed by atoms with Crippen LogP contribution in [0.5, 0.6) is 0 Å². The van der Waals surface area contributed by atoms with Crippen molar-refractivity contribution < 1.29 is 19.5 Å². The molecule has 1 N–H and O–H groups in total. The van der Waals surface area contributed by atoms with Gasteiger partial charge in [0.25, 0.3) is 0 Å². The first-order valence-electron chi connectivity index (χ1n) is 6.99. The molecule has 1 heterocycles. The van der Waals surface area contributed by atoms with Crippen LogP contribution in [0.15, 0.2) is 28.7 Å². The van der Waals surface area contributed by atoms with Gasteiger partial charge in [0.15, 0.2) is 0 Å². The van der Waals surface area contributed by atoms with E-state index in [9.17, 15) is 14.4 Å². The summed E-state index contributed by atoms with van der Waals surface area (Å²) in [6, 6.07) is 7.32. The standard InChI is InChI=1S/C15H17BrN2O4/c1-2-17(9-14(20)21)15(22)10-7-13(19)18(8-10)12-6-4-3-5-11(12)16/h3-6,10H,2,7-9H2,1H3,(H,20,21). The monoisotopic (exact) mass is 368 g/mol. The summed E-state index contributed by atoms with van der Waals surface area (Å²) in [7, 11) is 0. The summed E-state index contributed by atoms with van der Waals surface area (Å²) in [5.74, 6) is -1.97. The Bertz CT molecular complexity index is 605. The Balaban J connectivity index is 2.13. The molecule has 1 unspecified atom stereocenters. The SMILES string of the molecule is CCN(CC(=O)O)C(=O)C1CC(=O)N(c2ccccc2Br)C1. The molecule has 118 valence electrons. The second-order valence-electron chi connectivity index (χ2n) is 5.10. The van der Waals surface area contributed by atoms with Gasteiger partial charge in [-0.3, -0.25) is 14.4 Å². The number of carboxylic acids is 1. The summed E-state index contributed by atoms with van der Waals surface area (Å²) in [4.78, 5) is 38.2. The van der Waals surface area contributed by atoms with Crippen molar-refractivity contribution in [2.45, 2.75) is 13.3 Å². The van der Waals surface area contributed by atoms with Gasteiger partial charge < -0.3 is 14.9 Å². The number of halogens is 1. The van der Waals surface area contributed by atoms with E-state index in [1.807, 2.05) is 24.3 Å². The maximum absolute atomic E-state index is 12.4. The maximum atomic E-state index is 12.4. The lowest BCUT2D eigenvalue weighted by atomic mass is 10.1. The van der Waals surface area contributed by atoms with E-state index in [0.717, 1.165) is 10.2 Å². The molecule has 6 nitrogen and oxygen atoms in total. The first-order valence-corrected chi connectivity index (χ1v) is 7.78. The Morgan fingerprint density at radius 2 is 2.09 bits per heavy atom. The fourth-order valence-corrected chi connectivity index (χ4v) is 3.04. The molecule has 2 amide bonds. The number of carbonyl (C=O) groups excluding carboxylic acids is 2. The van der Waals surface area contributed by atoms with E-state index in [-0.39, 0.29) is 31.3 Å². The Kier molecular flexibility index (Phi) is 5.18. The molecule has 0 aliphatic carbocycles. The summed E-state index contributed by atoms with van der Waals surface area (Å²) < 4.78 is 0.786. The number of amides is 2. The minimum absolute atomic E-state index is 0.107. The number of aliphatic carboxylic acids is 1. The van der Waals surface area contributed by atoms with Crippen LogP contribution in [0.2, 0.25) is 0 Å². The summed E-state index contributed by atoms with van der Waals surface area (Å²) in [5.41, 5.74) is 0.726. The third kappa shape index (κ3) is 3.47. The second-order valence-corrected chi connectivity index (χ2v) is 5.96. The van der Waals surface area contributed by atoms with E-state index < -0.39 is 11.9 Å². The zero-order valence-corrected chi connectivity index (χ0v) is 13.7. The number of benzene rings is 1. The summed E-state index contributed by atoms with van der Waals surface area (Å²) in [5, 5.41) is 8.85. The molecule has 0 bridgehead atoms. The number of anilines is 1. The molecule has 1 saturated heterocycles. The van der Waals surface area contributed by atoms with E-state index in [1.54, 1.807) is 11.8 Å². The number of hydrogen-bond donors (Lipinski definition) is 1. The third-order valence-corrected chi connectivity index (χ3v) is 4.31. The van der Waals surface area contributed by atoms with E-state index in [1.165, 1.54) is 4.90 Å². The summed E-state index contributed by atoms with van der Waals surface area (Å²) in [6.07, 6.45) is 0.107. The van der Waals surface area contributed by atoms with Gasteiger partial charge in [-0.1, -0.05) is 12.1 Å². The highest BCUT2D eigenvalue weighted by atomic mass is 79.9. The average Bonchev–Trinajstić information content (AvgIpc) is 2.86. The van der Waals surface area contributed by atoms with Crippen LogP contribution in [-0.2, 0) is 14.4 Å². The molecule has 1 fully saturated rings. The number of carboxylic acid groups (broad SMARTS) is 1.